The largest absolute Gasteiger partial charge is 0.497 e. The van der Waals surface area contributed by atoms with Crippen molar-refractivity contribution in [2.45, 2.75) is 18.5 Å². The Balaban J connectivity index is 1.71. The Bertz CT molecular complexity index is 1180. The second-order valence-electron chi connectivity index (χ2n) is 7.53. The average molecular weight is 382 g/mol. The van der Waals surface area contributed by atoms with E-state index in [1.165, 1.54) is 5.56 Å². The van der Waals surface area contributed by atoms with E-state index in [4.69, 9.17) is 4.74 Å². The molecule has 0 aliphatic carbocycles. The van der Waals surface area contributed by atoms with Gasteiger partial charge in [-0.2, -0.15) is 0 Å². The monoisotopic (exact) mass is 382 g/mol. The average Bonchev–Trinajstić information content (AvgIpc) is 3.34. The number of fused-ring (bicyclic) bond motifs is 2. The van der Waals surface area contributed by atoms with Gasteiger partial charge in [-0.15, -0.1) is 0 Å². The minimum atomic E-state index is -0.774. The summed E-state index contributed by atoms with van der Waals surface area (Å²) in [7, 11) is 1.67. The number of aromatic nitrogens is 1. The molecule has 1 atom stereocenters. The number of hydrogen-bond acceptors (Lipinski definition) is 3. The van der Waals surface area contributed by atoms with Crippen molar-refractivity contribution in [1.82, 2.24) is 4.98 Å². The molecule has 29 heavy (non-hydrogen) atoms. The predicted molar refractivity (Wildman–Crippen MR) is 115 cm³/mol. The second kappa shape index (κ2) is 6.82. The van der Waals surface area contributed by atoms with Crippen LogP contribution < -0.4 is 9.64 Å². The normalized spacial score (nSPS) is 18.0. The van der Waals surface area contributed by atoms with E-state index in [1.54, 1.807) is 7.11 Å². The fourth-order valence-corrected chi connectivity index (χ4v) is 4.53. The maximum Gasteiger partial charge on any atom is 0.150 e. The Labute approximate surface area is 169 Å². The summed E-state index contributed by atoms with van der Waals surface area (Å²) in [6.07, 6.45) is 3.70. The van der Waals surface area contributed by atoms with Gasteiger partial charge < -0.3 is 19.4 Å². The molecule has 1 aliphatic rings. The second-order valence-corrected chi connectivity index (χ2v) is 7.53. The van der Waals surface area contributed by atoms with Crippen LogP contribution in [0.2, 0.25) is 0 Å². The number of anilines is 1. The van der Waals surface area contributed by atoms with Crippen LogP contribution in [0.4, 0.5) is 5.69 Å². The highest BCUT2D eigenvalue weighted by atomic mass is 16.5. The van der Waals surface area contributed by atoms with E-state index >= 15 is 0 Å². The molecule has 144 valence electrons. The first-order valence-electron chi connectivity index (χ1n) is 9.76. The lowest BCUT2D eigenvalue weighted by atomic mass is 9.86. The predicted octanol–water partition coefficient (Wildman–Crippen LogP) is 4.83. The van der Waals surface area contributed by atoms with Gasteiger partial charge in [0.25, 0.3) is 0 Å². The molecule has 4 heteroatoms. The number of ether oxygens (including phenoxy) is 1. The van der Waals surface area contributed by atoms with Crippen molar-refractivity contribution in [3.63, 3.8) is 0 Å². The summed E-state index contributed by atoms with van der Waals surface area (Å²) in [4.78, 5) is 18.4. The summed E-state index contributed by atoms with van der Waals surface area (Å²) in [5, 5.41) is 1.08. The van der Waals surface area contributed by atoms with Gasteiger partial charge >= 0.3 is 0 Å². The molecule has 0 radical (unpaired) electrons. The van der Waals surface area contributed by atoms with Gasteiger partial charge in [0.05, 0.1) is 7.11 Å². The fourth-order valence-electron chi connectivity index (χ4n) is 4.53. The summed E-state index contributed by atoms with van der Waals surface area (Å²) >= 11 is 0. The summed E-state index contributed by atoms with van der Waals surface area (Å²) in [6.45, 7) is 0.651. The van der Waals surface area contributed by atoms with Gasteiger partial charge in [-0.1, -0.05) is 48.5 Å². The fraction of sp³-hybridized carbons (Fsp3) is 0.160. The third-order valence-corrected chi connectivity index (χ3v) is 5.95. The summed E-state index contributed by atoms with van der Waals surface area (Å²) in [6, 6.07) is 24.5. The number of aldehydes is 1. The van der Waals surface area contributed by atoms with Crippen LogP contribution in [0.1, 0.15) is 16.7 Å². The standard InChI is InChI=1S/C25H22N2O2/c1-29-20-11-12-24-19(13-20)14-25(17-28,27(24)16-18-7-3-2-4-8-18)22-15-26-23-10-6-5-9-21(22)23/h2-13,15,17,26H,14,16H2,1H3. The van der Waals surface area contributed by atoms with Crippen LogP contribution in [0.15, 0.2) is 79.0 Å². The van der Waals surface area contributed by atoms with E-state index in [9.17, 15) is 4.79 Å². The van der Waals surface area contributed by atoms with Crippen LogP contribution in [0.5, 0.6) is 5.75 Å². The number of benzene rings is 3. The highest BCUT2D eigenvalue weighted by Gasteiger charge is 2.46. The Morgan fingerprint density at radius 1 is 1.07 bits per heavy atom. The van der Waals surface area contributed by atoms with E-state index in [2.05, 4.69) is 34.1 Å². The lowest BCUT2D eigenvalue weighted by Gasteiger charge is -2.36. The molecule has 1 N–H and O–H groups in total. The molecule has 4 aromatic rings. The number of H-pyrrole nitrogens is 1. The van der Waals surface area contributed by atoms with Gasteiger partial charge in [0.2, 0.25) is 0 Å². The van der Waals surface area contributed by atoms with E-state index < -0.39 is 5.54 Å². The number of nitrogens with one attached hydrogen (secondary N) is 1. The van der Waals surface area contributed by atoms with Crippen LogP contribution >= 0.6 is 0 Å². The number of nitrogens with zero attached hydrogens (tertiary/aromatic N) is 1. The molecule has 0 spiro atoms. The smallest absolute Gasteiger partial charge is 0.150 e. The Morgan fingerprint density at radius 2 is 1.86 bits per heavy atom. The number of carbonyl (C=O) groups is 1. The first-order valence-corrected chi connectivity index (χ1v) is 9.76. The molecule has 0 bridgehead atoms. The highest BCUT2D eigenvalue weighted by Crippen LogP contribution is 2.47. The van der Waals surface area contributed by atoms with E-state index in [0.29, 0.717) is 13.0 Å². The number of para-hydroxylation sites is 1. The van der Waals surface area contributed by atoms with Crippen LogP contribution in [0, 0.1) is 0 Å². The maximum atomic E-state index is 12.8. The molecule has 0 saturated heterocycles. The van der Waals surface area contributed by atoms with Gasteiger partial charge in [-0.05, 0) is 35.4 Å². The summed E-state index contributed by atoms with van der Waals surface area (Å²) < 4.78 is 5.44. The van der Waals surface area contributed by atoms with Gasteiger partial charge in [0.1, 0.15) is 11.3 Å². The van der Waals surface area contributed by atoms with Gasteiger partial charge in [0, 0.05) is 41.3 Å². The van der Waals surface area contributed by atoms with Crippen molar-refractivity contribution < 1.29 is 9.53 Å². The lowest BCUT2D eigenvalue weighted by Crippen LogP contribution is -2.45. The van der Waals surface area contributed by atoms with Crippen molar-refractivity contribution in [2.75, 3.05) is 12.0 Å². The molecule has 4 nitrogen and oxygen atoms in total. The third kappa shape index (κ3) is 2.71. The van der Waals surface area contributed by atoms with Crippen molar-refractivity contribution in [2.24, 2.45) is 0 Å². The molecular weight excluding hydrogens is 360 g/mol. The van der Waals surface area contributed by atoms with Gasteiger partial charge in [-0.3, -0.25) is 0 Å². The van der Waals surface area contributed by atoms with Gasteiger partial charge in [0.15, 0.2) is 6.29 Å². The van der Waals surface area contributed by atoms with Crippen LogP contribution in [0.3, 0.4) is 0 Å². The molecule has 1 aromatic heterocycles. The zero-order valence-corrected chi connectivity index (χ0v) is 16.3. The van der Waals surface area contributed by atoms with Crippen LogP contribution in [-0.4, -0.2) is 18.4 Å². The van der Waals surface area contributed by atoms with Crippen LogP contribution in [0.25, 0.3) is 10.9 Å². The summed E-state index contributed by atoms with van der Waals surface area (Å²) in [5.41, 5.74) is 4.64. The number of rotatable bonds is 5. The topological polar surface area (TPSA) is 45.3 Å². The van der Waals surface area contributed by atoms with E-state index in [-0.39, 0.29) is 0 Å². The molecule has 2 heterocycles. The SMILES string of the molecule is COc1ccc2c(c1)CC(C=O)(c1c[nH]c3ccccc13)N2Cc1ccccc1. The maximum absolute atomic E-state index is 12.8. The molecular formula is C25H22N2O2. The number of hydrogen-bond donors (Lipinski definition) is 1. The summed E-state index contributed by atoms with van der Waals surface area (Å²) in [5.74, 6) is 0.809. The zero-order valence-electron chi connectivity index (χ0n) is 16.3. The van der Waals surface area contributed by atoms with E-state index in [0.717, 1.165) is 39.8 Å². The Morgan fingerprint density at radius 3 is 2.66 bits per heavy atom. The van der Waals surface area contributed by atoms with Crippen LogP contribution in [-0.2, 0) is 23.3 Å². The molecule has 0 amide bonds. The van der Waals surface area contributed by atoms with Crippen molar-refractivity contribution in [3.8, 4) is 5.75 Å². The minimum Gasteiger partial charge on any atom is -0.497 e. The molecule has 0 saturated carbocycles. The third-order valence-electron chi connectivity index (χ3n) is 5.95. The molecule has 3 aromatic carbocycles. The Hall–Kier alpha value is -3.53. The quantitative estimate of drug-likeness (QED) is 0.503. The molecule has 1 unspecified atom stereocenters. The zero-order chi connectivity index (χ0) is 19.8. The first kappa shape index (κ1) is 17.6. The number of carbonyl (C=O) groups excluding carboxylic acids is 1. The molecule has 0 fully saturated rings. The van der Waals surface area contributed by atoms with Crippen molar-refractivity contribution in [3.05, 3.63) is 95.7 Å². The molecule has 5 rings (SSSR count). The minimum absolute atomic E-state index is 0.609. The first-order chi connectivity index (χ1) is 14.2. The van der Waals surface area contributed by atoms with Crippen molar-refractivity contribution >= 4 is 22.9 Å². The number of methoxy groups -OCH3 is 1. The van der Waals surface area contributed by atoms with Gasteiger partial charge in [-0.25, -0.2) is 0 Å². The highest BCUT2D eigenvalue weighted by molar-refractivity contribution is 5.92. The lowest BCUT2D eigenvalue weighted by molar-refractivity contribution is -0.112. The number of aromatic amines is 1. The molecule has 1 aliphatic heterocycles. The van der Waals surface area contributed by atoms with E-state index in [1.807, 2.05) is 54.7 Å². The van der Waals surface area contributed by atoms with Crippen molar-refractivity contribution in [1.29, 1.82) is 0 Å². The Kier molecular flexibility index (Phi) is 4.13.